The van der Waals surface area contributed by atoms with Gasteiger partial charge in [-0.2, -0.15) is 0 Å². The number of carbonyl (C=O) groups is 1. The highest BCUT2D eigenvalue weighted by atomic mass is 79.9. The molecule has 1 atom stereocenters. The number of nitrogens with one attached hydrogen (secondary N) is 1. The zero-order valence-corrected chi connectivity index (χ0v) is 11.0. The standard InChI is InChI=1S/C11H12BrF2NO2/c1-6(3-11(16)17-2)15-10-5-8(13)7(12)4-9(10)14/h4-6,15H,3H2,1-2H3. The molecule has 6 heteroatoms. The van der Waals surface area contributed by atoms with Crippen molar-refractivity contribution < 1.29 is 18.3 Å². The molecule has 17 heavy (non-hydrogen) atoms. The zero-order chi connectivity index (χ0) is 13.0. The average molecular weight is 308 g/mol. The molecule has 0 aliphatic rings. The molecule has 0 saturated carbocycles. The monoisotopic (exact) mass is 307 g/mol. The summed E-state index contributed by atoms with van der Waals surface area (Å²) in [4.78, 5) is 11.0. The first-order valence-corrected chi connectivity index (χ1v) is 5.71. The summed E-state index contributed by atoms with van der Waals surface area (Å²) in [6, 6.07) is 1.72. The van der Waals surface area contributed by atoms with E-state index in [1.807, 2.05) is 0 Å². The van der Waals surface area contributed by atoms with Crippen LogP contribution < -0.4 is 5.32 Å². The molecule has 3 nitrogen and oxygen atoms in total. The number of hydrogen-bond acceptors (Lipinski definition) is 3. The van der Waals surface area contributed by atoms with Gasteiger partial charge in [-0.15, -0.1) is 0 Å². The Kier molecular flexibility index (Phi) is 4.86. The number of methoxy groups -OCH3 is 1. The van der Waals surface area contributed by atoms with Crippen LogP contribution in [0.4, 0.5) is 14.5 Å². The van der Waals surface area contributed by atoms with Crippen molar-refractivity contribution in [3.8, 4) is 0 Å². The highest BCUT2D eigenvalue weighted by Gasteiger charge is 2.13. The van der Waals surface area contributed by atoms with E-state index >= 15 is 0 Å². The van der Waals surface area contributed by atoms with E-state index in [0.29, 0.717) is 0 Å². The second kappa shape index (κ2) is 5.95. The SMILES string of the molecule is COC(=O)CC(C)Nc1cc(F)c(Br)cc1F. The Morgan fingerprint density at radius 3 is 2.71 bits per heavy atom. The molecule has 0 bridgehead atoms. The molecule has 1 N–H and O–H groups in total. The predicted octanol–water partition coefficient (Wildman–Crippen LogP) is 3.09. The van der Waals surface area contributed by atoms with E-state index in [1.165, 1.54) is 7.11 Å². The van der Waals surface area contributed by atoms with E-state index in [0.717, 1.165) is 12.1 Å². The summed E-state index contributed by atoms with van der Waals surface area (Å²) < 4.78 is 31.2. The maximum Gasteiger partial charge on any atom is 0.307 e. The van der Waals surface area contributed by atoms with Gasteiger partial charge < -0.3 is 10.1 Å². The van der Waals surface area contributed by atoms with Crippen LogP contribution in [0.1, 0.15) is 13.3 Å². The molecule has 94 valence electrons. The number of halogens is 3. The summed E-state index contributed by atoms with van der Waals surface area (Å²) in [5.41, 5.74) is 0.0158. The van der Waals surface area contributed by atoms with Gasteiger partial charge in [0.05, 0.1) is 23.7 Å². The van der Waals surface area contributed by atoms with Crippen molar-refractivity contribution in [3.05, 3.63) is 28.2 Å². The van der Waals surface area contributed by atoms with Crippen molar-refractivity contribution >= 4 is 27.6 Å². The molecule has 1 aromatic carbocycles. The van der Waals surface area contributed by atoms with Gasteiger partial charge in [0, 0.05) is 12.1 Å². The summed E-state index contributed by atoms with van der Waals surface area (Å²) in [6.07, 6.45) is 0.0770. The van der Waals surface area contributed by atoms with Crippen molar-refractivity contribution in [3.63, 3.8) is 0 Å². The van der Waals surface area contributed by atoms with Crippen molar-refractivity contribution in [2.24, 2.45) is 0 Å². The number of benzene rings is 1. The van der Waals surface area contributed by atoms with Gasteiger partial charge in [-0.3, -0.25) is 4.79 Å². The van der Waals surface area contributed by atoms with Crippen LogP contribution in [0.5, 0.6) is 0 Å². The molecular formula is C11H12BrF2NO2. The number of rotatable bonds is 4. The minimum Gasteiger partial charge on any atom is -0.469 e. The van der Waals surface area contributed by atoms with Gasteiger partial charge in [-0.1, -0.05) is 0 Å². The van der Waals surface area contributed by atoms with Gasteiger partial charge >= 0.3 is 5.97 Å². The summed E-state index contributed by atoms with van der Waals surface area (Å²) >= 11 is 2.88. The van der Waals surface area contributed by atoms with Crippen LogP contribution in [-0.2, 0) is 9.53 Å². The fraction of sp³-hybridized carbons (Fsp3) is 0.364. The van der Waals surface area contributed by atoms with Crippen LogP contribution >= 0.6 is 15.9 Å². The Bertz CT molecular complexity index is 426. The molecule has 0 amide bonds. The molecule has 0 spiro atoms. The minimum atomic E-state index is -0.588. The lowest BCUT2D eigenvalue weighted by molar-refractivity contribution is -0.140. The van der Waals surface area contributed by atoms with Gasteiger partial charge in [-0.25, -0.2) is 8.78 Å². The van der Waals surface area contributed by atoms with Crippen molar-refractivity contribution in [2.45, 2.75) is 19.4 Å². The summed E-state index contributed by atoms with van der Waals surface area (Å²) in [5.74, 6) is -1.57. The van der Waals surface area contributed by atoms with E-state index in [-0.39, 0.29) is 22.6 Å². The molecule has 0 heterocycles. The fourth-order valence-electron chi connectivity index (χ4n) is 1.28. The highest BCUT2D eigenvalue weighted by Crippen LogP contribution is 2.24. The quantitative estimate of drug-likeness (QED) is 0.686. The molecule has 1 rings (SSSR count). The Balaban J connectivity index is 2.74. The molecule has 0 radical (unpaired) electrons. The number of carbonyl (C=O) groups excluding carboxylic acids is 1. The van der Waals surface area contributed by atoms with Crippen LogP contribution in [0.3, 0.4) is 0 Å². The van der Waals surface area contributed by atoms with Crippen LogP contribution in [0.2, 0.25) is 0 Å². The molecule has 1 unspecified atom stereocenters. The van der Waals surface area contributed by atoms with Gasteiger partial charge in [0.1, 0.15) is 11.6 Å². The Hall–Kier alpha value is -1.17. The minimum absolute atomic E-state index is 0.0158. The van der Waals surface area contributed by atoms with E-state index < -0.39 is 17.6 Å². The van der Waals surface area contributed by atoms with E-state index in [2.05, 4.69) is 26.0 Å². The van der Waals surface area contributed by atoms with Crippen molar-refractivity contribution in [1.29, 1.82) is 0 Å². The molecule has 0 aliphatic heterocycles. The molecule has 1 aromatic rings. The van der Waals surface area contributed by atoms with Crippen LogP contribution in [0.15, 0.2) is 16.6 Å². The summed E-state index contributed by atoms with van der Waals surface area (Å²) in [6.45, 7) is 1.68. The van der Waals surface area contributed by atoms with Crippen LogP contribution in [0, 0.1) is 11.6 Å². The largest absolute Gasteiger partial charge is 0.469 e. The predicted molar refractivity (Wildman–Crippen MR) is 63.8 cm³/mol. The van der Waals surface area contributed by atoms with Gasteiger partial charge in [0.2, 0.25) is 0 Å². The number of esters is 1. The third-order valence-corrected chi connectivity index (χ3v) is 2.72. The highest BCUT2D eigenvalue weighted by molar-refractivity contribution is 9.10. The average Bonchev–Trinajstić information content (AvgIpc) is 2.25. The fourth-order valence-corrected chi connectivity index (χ4v) is 1.60. The maximum atomic E-state index is 13.4. The van der Waals surface area contributed by atoms with Crippen LogP contribution in [-0.4, -0.2) is 19.1 Å². The Morgan fingerprint density at radius 1 is 1.47 bits per heavy atom. The van der Waals surface area contributed by atoms with Gasteiger partial charge in [0.25, 0.3) is 0 Å². The molecule has 0 aromatic heterocycles. The van der Waals surface area contributed by atoms with Crippen molar-refractivity contribution in [2.75, 3.05) is 12.4 Å². The molecular weight excluding hydrogens is 296 g/mol. The third-order valence-electron chi connectivity index (χ3n) is 2.11. The first-order chi connectivity index (χ1) is 7.93. The van der Waals surface area contributed by atoms with E-state index in [9.17, 15) is 13.6 Å². The molecule has 0 aliphatic carbocycles. The maximum absolute atomic E-state index is 13.4. The number of anilines is 1. The lowest BCUT2D eigenvalue weighted by Gasteiger charge is -2.15. The smallest absolute Gasteiger partial charge is 0.307 e. The summed E-state index contributed by atoms with van der Waals surface area (Å²) in [5, 5.41) is 2.71. The lowest BCUT2D eigenvalue weighted by Crippen LogP contribution is -2.21. The third kappa shape index (κ3) is 3.96. The second-order valence-corrected chi connectivity index (χ2v) is 4.43. The first-order valence-electron chi connectivity index (χ1n) is 4.92. The Morgan fingerprint density at radius 2 is 2.12 bits per heavy atom. The van der Waals surface area contributed by atoms with Crippen molar-refractivity contribution in [1.82, 2.24) is 0 Å². The van der Waals surface area contributed by atoms with Gasteiger partial charge in [0.15, 0.2) is 0 Å². The first kappa shape index (κ1) is 13.9. The molecule has 0 saturated heterocycles. The molecule has 0 fully saturated rings. The summed E-state index contributed by atoms with van der Waals surface area (Å²) in [7, 11) is 1.27. The number of hydrogen-bond donors (Lipinski definition) is 1. The number of ether oxygens (including phenoxy) is 1. The van der Waals surface area contributed by atoms with Gasteiger partial charge in [-0.05, 0) is 28.9 Å². The van der Waals surface area contributed by atoms with Crippen LogP contribution in [0.25, 0.3) is 0 Å². The van der Waals surface area contributed by atoms with E-state index in [4.69, 9.17) is 0 Å². The lowest BCUT2D eigenvalue weighted by atomic mass is 10.2. The Labute approximate surface area is 106 Å². The topological polar surface area (TPSA) is 38.3 Å². The van der Waals surface area contributed by atoms with E-state index in [1.54, 1.807) is 6.92 Å². The second-order valence-electron chi connectivity index (χ2n) is 3.57. The zero-order valence-electron chi connectivity index (χ0n) is 9.39. The normalized spacial score (nSPS) is 12.1.